The minimum Gasteiger partial charge on any atom is -0.353 e. The molecule has 1 saturated carbocycles. The standard InChI is InChI=1S/C28H37N3O2/c1-20-9-8-10-23(19-20)28(33)30-26-14-7-6-13-25(26)21(2)31-17-15-22(16-18-31)27(32)29-24-11-4-3-5-12-24/h6-10,13-14,19,21-22,24H,3-5,11-12,15-18H2,1-2H3,(H,29,32)(H,30,33). The molecule has 0 aromatic heterocycles. The van der Waals surface area contributed by atoms with E-state index in [-0.39, 0.29) is 23.8 Å². The maximum atomic E-state index is 12.8. The SMILES string of the molecule is Cc1cccc(C(=O)Nc2ccccc2C(C)N2CCC(C(=O)NC3CCCCC3)CC2)c1. The van der Waals surface area contributed by atoms with Crippen LogP contribution in [0.4, 0.5) is 5.69 Å². The van der Waals surface area contributed by atoms with Gasteiger partial charge in [0.1, 0.15) is 0 Å². The molecule has 2 fully saturated rings. The minimum absolute atomic E-state index is 0.0866. The Morgan fingerprint density at radius 3 is 2.39 bits per heavy atom. The van der Waals surface area contributed by atoms with Crippen molar-refractivity contribution in [3.8, 4) is 0 Å². The second-order valence-electron chi connectivity index (χ2n) is 9.74. The molecule has 1 unspecified atom stereocenters. The molecule has 1 saturated heterocycles. The predicted octanol–water partition coefficient (Wildman–Crippen LogP) is 5.47. The summed E-state index contributed by atoms with van der Waals surface area (Å²) in [6.07, 6.45) is 7.82. The van der Waals surface area contributed by atoms with Crippen molar-refractivity contribution in [2.24, 2.45) is 5.92 Å². The number of carbonyl (C=O) groups is 2. The summed E-state index contributed by atoms with van der Waals surface area (Å²) in [5.74, 6) is 0.281. The zero-order valence-corrected chi connectivity index (χ0v) is 20.0. The summed E-state index contributed by atoms with van der Waals surface area (Å²) in [6.45, 7) is 5.97. The van der Waals surface area contributed by atoms with Crippen LogP contribution < -0.4 is 10.6 Å². The monoisotopic (exact) mass is 447 g/mol. The average molecular weight is 448 g/mol. The highest BCUT2D eigenvalue weighted by Crippen LogP contribution is 2.31. The fourth-order valence-electron chi connectivity index (χ4n) is 5.27. The van der Waals surface area contributed by atoms with Gasteiger partial charge in [-0.3, -0.25) is 14.5 Å². The summed E-state index contributed by atoms with van der Waals surface area (Å²) in [7, 11) is 0. The molecule has 5 nitrogen and oxygen atoms in total. The summed E-state index contributed by atoms with van der Waals surface area (Å²) in [6, 6.07) is 16.3. The van der Waals surface area contributed by atoms with Gasteiger partial charge in [0.05, 0.1) is 0 Å². The topological polar surface area (TPSA) is 61.4 Å². The van der Waals surface area contributed by atoms with Crippen LogP contribution in [0, 0.1) is 12.8 Å². The molecular weight excluding hydrogens is 410 g/mol. The molecule has 1 aliphatic carbocycles. The second-order valence-corrected chi connectivity index (χ2v) is 9.74. The molecule has 1 heterocycles. The quantitative estimate of drug-likeness (QED) is 0.617. The Labute approximate surface area is 197 Å². The highest BCUT2D eigenvalue weighted by atomic mass is 16.2. The maximum Gasteiger partial charge on any atom is 0.255 e. The first kappa shape index (κ1) is 23.5. The smallest absolute Gasteiger partial charge is 0.255 e. The van der Waals surface area contributed by atoms with Crippen molar-refractivity contribution < 1.29 is 9.59 Å². The number of hydrogen-bond donors (Lipinski definition) is 2. The van der Waals surface area contributed by atoms with Gasteiger partial charge in [-0.2, -0.15) is 0 Å². The average Bonchev–Trinajstić information content (AvgIpc) is 2.84. The fourth-order valence-corrected chi connectivity index (χ4v) is 5.27. The van der Waals surface area contributed by atoms with Crippen LogP contribution in [-0.2, 0) is 4.79 Å². The van der Waals surface area contributed by atoms with Gasteiger partial charge in [-0.25, -0.2) is 0 Å². The number of rotatable bonds is 6. The molecule has 0 spiro atoms. The van der Waals surface area contributed by atoms with Gasteiger partial charge in [-0.05, 0) is 76.4 Å². The van der Waals surface area contributed by atoms with Crippen LogP contribution in [0.2, 0.25) is 0 Å². The zero-order valence-electron chi connectivity index (χ0n) is 20.0. The van der Waals surface area contributed by atoms with E-state index in [0.717, 1.165) is 55.6 Å². The minimum atomic E-state index is -0.0866. The summed E-state index contributed by atoms with van der Waals surface area (Å²) >= 11 is 0. The van der Waals surface area contributed by atoms with Crippen LogP contribution in [0.1, 0.15) is 79.4 Å². The Morgan fingerprint density at radius 2 is 1.67 bits per heavy atom. The molecule has 0 bridgehead atoms. The molecule has 2 aromatic rings. The summed E-state index contributed by atoms with van der Waals surface area (Å²) < 4.78 is 0. The lowest BCUT2D eigenvalue weighted by Gasteiger charge is -2.37. The van der Waals surface area contributed by atoms with Crippen molar-refractivity contribution in [2.45, 2.75) is 70.9 Å². The number of piperidine rings is 1. The molecule has 2 aromatic carbocycles. The summed E-state index contributed by atoms with van der Waals surface area (Å²) in [5.41, 5.74) is 3.71. The highest BCUT2D eigenvalue weighted by Gasteiger charge is 2.29. The third-order valence-electron chi connectivity index (χ3n) is 7.34. The van der Waals surface area contributed by atoms with Crippen molar-refractivity contribution >= 4 is 17.5 Å². The van der Waals surface area contributed by atoms with Gasteiger partial charge in [0.2, 0.25) is 5.91 Å². The second kappa shape index (κ2) is 11.0. The third-order valence-corrected chi connectivity index (χ3v) is 7.34. The lowest BCUT2D eigenvalue weighted by Crippen LogP contribution is -2.44. The third kappa shape index (κ3) is 6.02. The highest BCUT2D eigenvalue weighted by molar-refractivity contribution is 6.04. The van der Waals surface area contributed by atoms with Crippen molar-refractivity contribution in [3.05, 3.63) is 65.2 Å². The molecule has 2 aliphatic rings. The van der Waals surface area contributed by atoms with Gasteiger partial charge in [-0.15, -0.1) is 0 Å². The van der Waals surface area contributed by atoms with Crippen molar-refractivity contribution in [1.82, 2.24) is 10.2 Å². The largest absolute Gasteiger partial charge is 0.353 e. The first-order valence-corrected chi connectivity index (χ1v) is 12.5. The van der Waals surface area contributed by atoms with Crippen LogP contribution in [0.3, 0.4) is 0 Å². The van der Waals surface area contributed by atoms with Crippen LogP contribution in [0.5, 0.6) is 0 Å². The van der Waals surface area contributed by atoms with Crippen molar-refractivity contribution in [2.75, 3.05) is 18.4 Å². The normalized spacial score (nSPS) is 19.1. The van der Waals surface area contributed by atoms with Crippen LogP contribution in [0.15, 0.2) is 48.5 Å². The van der Waals surface area contributed by atoms with Gasteiger partial charge >= 0.3 is 0 Å². The van der Waals surface area contributed by atoms with Crippen LogP contribution in [-0.4, -0.2) is 35.8 Å². The van der Waals surface area contributed by atoms with E-state index in [1.165, 1.54) is 19.3 Å². The number of aryl methyl sites for hydroxylation is 1. The number of anilines is 1. The van der Waals surface area contributed by atoms with E-state index in [9.17, 15) is 9.59 Å². The Balaban J connectivity index is 1.35. The summed E-state index contributed by atoms with van der Waals surface area (Å²) in [5, 5.41) is 6.43. The van der Waals surface area contributed by atoms with E-state index in [0.29, 0.717) is 11.6 Å². The van der Waals surface area contributed by atoms with E-state index in [1.807, 2.05) is 49.4 Å². The van der Waals surface area contributed by atoms with Crippen molar-refractivity contribution in [1.29, 1.82) is 0 Å². The number of carbonyl (C=O) groups excluding carboxylic acids is 2. The number of para-hydroxylation sites is 1. The van der Waals surface area contributed by atoms with Crippen molar-refractivity contribution in [3.63, 3.8) is 0 Å². The first-order chi connectivity index (χ1) is 16.0. The Kier molecular flexibility index (Phi) is 7.81. The summed E-state index contributed by atoms with van der Waals surface area (Å²) in [4.78, 5) is 28.0. The molecule has 0 radical (unpaired) electrons. The molecule has 176 valence electrons. The van der Waals surface area contributed by atoms with Gasteiger partial charge in [0.15, 0.2) is 0 Å². The van der Waals surface area contributed by atoms with E-state index in [4.69, 9.17) is 0 Å². The number of benzene rings is 2. The van der Waals surface area contributed by atoms with E-state index in [2.05, 4.69) is 28.5 Å². The molecular formula is C28H37N3O2. The number of likely N-dealkylation sites (tertiary alicyclic amines) is 1. The lowest BCUT2D eigenvalue weighted by atomic mass is 9.91. The van der Waals surface area contributed by atoms with Crippen LogP contribution in [0.25, 0.3) is 0 Å². The lowest BCUT2D eigenvalue weighted by molar-refractivity contribution is -0.127. The number of hydrogen-bond acceptors (Lipinski definition) is 3. The molecule has 1 aliphatic heterocycles. The number of amides is 2. The molecule has 1 atom stereocenters. The van der Waals surface area contributed by atoms with E-state index >= 15 is 0 Å². The van der Waals surface area contributed by atoms with Gasteiger partial charge in [0, 0.05) is 29.3 Å². The van der Waals surface area contributed by atoms with Crippen LogP contribution >= 0.6 is 0 Å². The number of nitrogens with one attached hydrogen (secondary N) is 2. The van der Waals surface area contributed by atoms with E-state index < -0.39 is 0 Å². The van der Waals surface area contributed by atoms with E-state index in [1.54, 1.807) is 0 Å². The first-order valence-electron chi connectivity index (χ1n) is 12.5. The fraction of sp³-hybridized carbons (Fsp3) is 0.500. The molecule has 5 heteroatoms. The zero-order chi connectivity index (χ0) is 23.2. The molecule has 2 N–H and O–H groups in total. The van der Waals surface area contributed by atoms with Gasteiger partial charge in [0.25, 0.3) is 5.91 Å². The maximum absolute atomic E-state index is 12.8. The predicted molar refractivity (Wildman–Crippen MR) is 133 cm³/mol. The Bertz CT molecular complexity index is 959. The van der Waals surface area contributed by atoms with Gasteiger partial charge < -0.3 is 10.6 Å². The van der Waals surface area contributed by atoms with Gasteiger partial charge in [-0.1, -0.05) is 55.2 Å². The molecule has 4 rings (SSSR count). The number of nitrogens with zero attached hydrogens (tertiary/aromatic N) is 1. The Morgan fingerprint density at radius 1 is 0.939 bits per heavy atom. The Hall–Kier alpha value is -2.66. The molecule has 33 heavy (non-hydrogen) atoms. The molecule has 2 amide bonds.